The molecule has 9 nitrogen and oxygen atoms in total. The van der Waals surface area contributed by atoms with Crippen molar-refractivity contribution in [2.45, 2.75) is 89.3 Å². The molecule has 0 bridgehead atoms. The minimum absolute atomic E-state index is 0.0857. The summed E-state index contributed by atoms with van der Waals surface area (Å²) in [5.41, 5.74) is 0.559. The van der Waals surface area contributed by atoms with Crippen LogP contribution < -0.4 is 15.4 Å². The zero-order chi connectivity index (χ0) is 28.7. The number of nitrogens with zero attached hydrogens (tertiary/aromatic N) is 2. The van der Waals surface area contributed by atoms with Crippen LogP contribution in [0.4, 0.5) is 0 Å². The molecule has 5 rings (SSSR count). The highest BCUT2D eigenvalue weighted by Crippen LogP contribution is 2.47. The number of likely N-dealkylation sites (tertiary alicyclic amines) is 1. The molecule has 1 spiro atoms. The van der Waals surface area contributed by atoms with Gasteiger partial charge in [-0.1, -0.05) is 30.9 Å². The van der Waals surface area contributed by atoms with Gasteiger partial charge in [0.1, 0.15) is 23.5 Å². The summed E-state index contributed by atoms with van der Waals surface area (Å²) in [5.74, 6) is -0.446. The number of carbonyl (C=O) groups excluding carboxylic acids is 3. The van der Waals surface area contributed by atoms with E-state index in [9.17, 15) is 19.6 Å². The Balaban J connectivity index is 1.37. The smallest absolute Gasteiger partial charge is 0.271 e. The Kier molecular flexibility index (Phi) is 7.75. The van der Waals surface area contributed by atoms with Gasteiger partial charge >= 0.3 is 0 Å². The lowest BCUT2D eigenvalue weighted by Gasteiger charge is -2.35. The maximum Gasteiger partial charge on any atom is 0.271 e. The zero-order valence-corrected chi connectivity index (χ0v) is 24.2. The fourth-order valence-corrected chi connectivity index (χ4v) is 7.07. The number of methoxy groups -OCH3 is 1. The number of hydrogen-bond donors (Lipinski definition) is 3. The fraction of sp³-hybridized carbons (Fsp3) is 0.600. The third kappa shape index (κ3) is 5.51. The van der Waals surface area contributed by atoms with Crippen molar-refractivity contribution < 1.29 is 19.1 Å². The summed E-state index contributed by atoms with van der Waals surface area (Å²) in [6.45, 7) is 4.45. The molecule has 2 saturated heterocycles. The number of fused-ring (bicyclic) bond motifs is 1. The van der Waals surface area contributed by atoms with Crippen molar-refractivity contribution in [1.29, 1.82) is 5.26 Å². The Labute approximate surface area is 239 Å². The molecule has 10 heteroatoms. The predicted molar refractivity (Wildman–Crippen MR) is 152 cm³/mol. The second-order valence-electron chi connectivity index (χ2n) is 12.5. The molecule has 3 amide bonds. The summed E-state index contributed by atoms with van der Waals surface area (Å²) in [6.07, 6.45) is 7.51. The molecule has 1 aromatic carbocycles. The second-order valence-corrected chi connectivity index (χ2v) is 12.9. The normalized spacial score (nSPS) is 24.4. The van der Waals surface area contributed by atoms with Gasteiger partial charge in [-0.15, -0.1) is 0 Å². The number of rotatable bonds is 6. The first-order valence-corrected chi connectivity index (χ1v) is 14.6. The van der Waals surface area contributed by atoms with Crippen LogP contribution in [0, 0.1) is 22.7 Å². The molecule has 1 saturated carbocycles. The van der Waals surface area contributed by atoms with Gasteiger partial charge in [-0.3, -0.25) is 14.4 Å². The van der Waals surface area contributed by atoms with E-state index in [-0.39, 0.29) is 41.0 Å². The fourth-order valence-electron chi connectivity index (χ4n) is 6.86. The van der Waals surface area contributed by atoms with Crippen LogP contribution in [0.5, 0.6) is 5.75 Å². The lowest BCUT2D eigenvalue weighted by Crippen LogP contribution is -2.53. The van der Waals surface area contributed by atoms with Gasteiger partial charge < -0.3 is 25.3 Å². The van der Waals surface area contributed by atoms with Gasteiger partial charge in [-0.2, -0.15) is 5.26 Å². The number of aromatic amines is 1. The first kappa shape index (κ1) is 28.3. The molecule has 0 radical (unpaired) electrons. The molecule has 1 aliphatic carbocycles. The van der Waals surface area contributed by atoms with Crippen molar-refractivity contribution in [3.8, 4) is 11.8 Å². The van der Waals surface area contributed by atoms with E-state index in [2.05, 4.69) is 21.7 Å². The average Bonchev–Trinajstić information content (AvgIpc) is 3.53. The van der Waals surface area contributed by atoms with Crippen molar-refractivity contribution >= 4 is 40.2 Å². The third-order valence-corrected chi connectivity index (χ3v) is 9.40. The number of nitrogens with one attached hydrogen (secondary N) is 3. The molecule has 3 fully saturated rings. The Bertz CT molecular complexity index is 1360. The van der Waals surface area contributed by atoms with Crippen LogP contribution >= 0.6 is 11.6 Å². The lowest BCUT2D eigenvalue weighted by atomic mass is 9.72. The van der Waals surface area contributed by atoms with Gasteiger partial charge in [0.15, 0.2) is 0 Å². The molecule has 3 aliphatic rings. The van der Waals surface area contributed by atoms with Crippen molar-refractivity contribution in [1.82, 2.24) is 20.5 Å². The zero-order valence-electron chi connectivity index (χ0n) is 23.4. The van der Waals surface area contributed by atoms with Gasteiger partial charge in [0.05, 0.1) is 23.7 Å². The number of H-pyrrole nitrogens is 1. The summed E-state index contributed by atoms with van der Waals surface area (Å²) in [5, 5.41) is 16.9. The van der Waals surface area contributed by atoms with Crippen molar-refractivity contribution in [3.63, 3.8) is 0 Å². The summed E-state index contributed by atoms with van der Waals surface area (Å²) in [4.78, 5) is 45.1. The maximum absolute atomic E-state index is 14.0. The van der Waals surface area contributed by atoms with E-state index in [1.807, 2.05) is 13.8 Å². The summed E-state index contributed by atoms with van der Waals surface area (Å²) in [6, 6.07) is 5.85. The molecular formula is C30H38ClN5O4. The van der Waals surface area contributed by atoms with Crippen LogP contribution in [-0.2, 0) is 9.59 Å². The van der Waals surface area contributed by atoms with Crippen LogP contribution in [-0.4, -0.2) is 58.9 Å². The van der Waals surface area contributed by atoms with Gasteiger partial charge in [0, 0.05) is 23.4 Å². The quantitative estimate of drug-likeness (QED) is 0.466. The topological polar surface area (TPSA) is 127 Å². The largest absolute Gasteiger partial charge is 0.496 e. The Morgan fingerprint density at radius 3 is 2.67 bits per heavy atom. The van der Waals surface area contributed by atoms with E-state index in [1.165, 1.54) is 0 Å². The number of piperidine rings is 1. The third-order valence-electron chi connectivity index (χ3n) is 9.08. The number of aromatic nitrogens is 1. The van der Waals surface area contributed by atoms with Crippen molar-refractivity contribution in [3.05, 3.63) is 28.9 Å². The molecule has 3 unspecified atom stereocenters. The molecule has 40 heavy (non-hydrogen) atoms. The summed E-state index contributed by atoms with van der Waals surface area (Å²) >= 11 is 6.40. The van der Waals surface area contributed by atoms with Gasteiger partial charge in [-0.25, -0.2) is 0 Å². The SMILES string of the molecule is COc1ccc(Cl)c2[nH]c(C(=O)N3CC4(CCCCC4)CC3C(=O)NC(C#N)CC3CCC(C)(C)NC3=O)cc12. The number of halogens is 1. The number of hydrogen-bond acceptors (Lipinski definition) is 5. The van der Waals surface area contributed by atoms with Crippen LogP contribution in [0.25, 0.3) is 10.9 Å². The first-order chi connectivity index (χ1) is 19.0. The van der Waals surface area contributed by atoms with Crippen LogP contribution in [0.1, 0.15) is 82.1 Å². The van der Waals surface area contributed by atoms with Gasteiger partial charge in [-0.05, 0) is 76.0 Å². The average molecular weight is 568 g/mol. The van der Waals surface area contributed by atoms with Gasteiger partial charge in [0.25, 0.3) is 5.91 Å². The highest BCUT2D eigenvalue weighted by atomic mass is 35.5. The minimum Gasteiger partial charge on any atom is -0.496 e. The molecule has 3 atom stereocenters. The number of amides is 3. The van der Waals surface area contributed by atoms with E-state index in [0.717, 1.165) is 38.5 Å². The number of carbonyl (C=O) groups is 3. The molecule has 2 aliphatic heterocycles. The molecule has 3 heterocycles. The Morgan fingerprint density at radius 1 is 1.25 bits per heavy atom. The second kappa shape index (κ2) is 11.0. The summed E-state index contributed by atoms with van der Waals surface area (Å²) < 4.78 is 5.46. The molecular weight excluding hydrogens is 530 g/mol. The van der Waals surface area contributed by atoms with Crippen LogP contribution in [0.3, 0.4) is 0 Å². The predicted octanol–water partition coefficient (Wildman–Crippen LogP) is 4.70. The Morgan fingerprint density at radius 2 is 2.00 bits per heavy atom. The van der Waals surface area contributed by atoms with Crippen LogP contribution in [0.15, 0.2) is 18.2 Å². The first-order valence-electron chi connectivity index (χ1n) is 14.2. The van der Waals surface area contributed by atoms with E-state index in [4.69, 9.17) is 16.3 Å². The molecule has 214 valence electrons. The van der Waals surface area contributed by atoms with E-state index >= 15 is 0 Å². The highest BCUT2D eigenvalue weighted by molar-refractivity contribution is 6.35. The maximum atomic E-state index is 14.0. The molecule has 2 aromatic rings. The minimum atomic E-state index is -0.819. The van der Waals surface area contributed by atoms with E-state index in [0.29, 0.717) is 46.8 Å². The monoisotopic (exact) mass is 567 g/mol. The number of ether oxygens (including phenoxy) is 1. The van der Waals surface area contributed by atoms with Crippen molar-refractivity contribution in [2.75, 3.05) is 13.7 Å². The lowest BCUT2D eigenvalue weighted by molar-refractivity contribution is -0.130. The Hall–Kier alpha value is -3.25. The van der Waals surface area contributed by atoms with Gasteiger partial charge in [0.2, 0.25) is 11.8 Å². The summed E-state index contributed by atoms with van der Waals surface area (Å²) in [7, 11) is 1.56. The van der Waals surface area contributed by atoms with E-state index < -0.39 is 12.1 Å². The van der Waals surface area contributed by atoms with E-state index in [1.54, 1.807) is 30.2 Å². The van der Waals surface area contributed by atoms with Crippen LogP contribution in [0.2, 0.25) is 5.02 Å². The molecule has 1 aromatic heterocycles. The molecule has 3 N–H and O–H groups in total. The number of benzene rings is 1. The highest BCUT2D eigenvalue weighted by Gasteiger charge is 2.49. The number of nitriles is 1. The standard InChI is InChI=1S/C30H38ClN5O4/c1-29(2)12-9-18(26(37)35-29)13-19(16-32)33-27(38)23-15-30(10-5-4-6-11-30)17-36(23)28(39)22-14-20-24(40-3)8-7-21(31)25(20)34-22/h7-8,14,18-19,23,34H,4-6,9-13,15,17H2,1-3H3,(H,33,38)(H,35,37). The van der Waals surface area contributed by atoms with Crippen molar-refractivity contribution in [2.24, 2.45) is 11.3 Å².